The van der Waals surface area contributed by atoms with Crippen LogP contribution in [0.1, 0.15) is 32.6 Å². The van der Waals surface area contributed by atoms with Crippen molar-refractivity contribution in [2.75, 3.05) is 27.2 Å². The molecular formula is C12H25N3O. The second-order valence-corrected chi connectivity index (χ2v) is 4.42. The van der Waals surface area contributed by atoms with Crippen molar-refractivity contribution >= 4 is 5.96 Å². The summed E-state index contributed by atoms with van der Waals surface area (Å²) in [6, 6.07) is 0. The lowest BCUT2D eigenvalue weighted by molar-refractivity contribution is -0.00202. The van der Waals surface area contributed by atoms with Crippen LogP contribution in [0.25, 0.3) is 0 Å². The molecule has 4 nitrogen and oxygen atoms in total. The molecule has 2 N–H and O–H groups in total. The van der Waals surface area contributed by atoms with Gasteiger partial charge in [0.05, 0.1) is 12.7 Å². The van der Waals surface area contributed by atoms with Gasteiger partial charge in [0.15, 0.2) is 5.96 Å². The average molecular weight is 227 g/mol. The number of aliphatic imine (C=N–C) groups is 1. The SMILES string of the molecule is CN=C(NC)NCCO[C@H]1CCCC[C@H]1C. The molecule has 1 saturated carbocycles. The Balaban J connectivity index is 2.10. The minimum Gasteiger partial charge on any atom is -0.376 e. The number of hydrogen-bond acceptors (Lipinski definition) is 2. The summed E-state index contributed by atoms with van der Waals surface area (Å²) in [5.41, 5.74) is 0. The maximum absolute atomic E-state index is 5.89. The Kier molecular flexibility index (Phi) is 6.23. The predicted octanol–water partition coefficient (Wildman–Crippen LogP) is 1.38. The van der Waals surface area contributed by atoms with Crippen molar-refractivity contribution in [1.82, 2.24) is 10.6 Å². The summed E-state index contributed by atoms with van der Waals surface area (Å²) in [5.74, 6) is 1.54. The molecule has 4 heteroatoms. The van der Waals surface area contributed by atoms with Crippen molar-refractivity contribution in [3.05, 3.63) is 0 Å². The van der Waals surface area contributed by atoms with Gasteiger partial charge in [-0.2, -0.15) is 0 Å². The molecule has 0 aliphatic heterocycles. The number of ether oxygens (including phenoxy) is 1. The molecule has 0 unspecified atom stereocenters. The number of hydrogen-bond donors (Lipinski definition) is 2. The Bertz CT molecular complexity index is 218. The lowest BCUT2D eigenvalue weighted by Crippen LogP contribution is -2.37. The highest BCUT2D eigenvalue weighted by Crippen LogP contribution is 2.25. The van der Waals surface area contributed by atoms with Crippen LogP contribution in [0, 0.1) is 5.92 Å². The van der Waals surface area contributed by atoms with E-state index < -0.39 is 0 Å². The number of nitrogens with one attached hydrogen (secondary N) is 2. The predicted molar refractivity (Wildman–Crippen MR) is 67.8 cm³/mol. The molecule has 0 radical (unpaired) electrons. The highest BCUT2D eigenvalue weighted by Gasteiger charge is 2.21. The quantitative estimate of drug-likeness (QED) is 0.433. The fourth-order valence-corrected chi connectivity index (χ4v) is 2.19. The van der Waals surface area contributed by atoms with E-state index in [-0.39, 0.29) is 0 Å². The van der Waals surface area contributed by atoms with E-state index in [4.69, 9.17) is 4.74 Å². The molecule has 2 atom stereocenters. The topological polar surface area (TPSA) is 45.7 Å². The summed E-state index contributed by atoms with van der Waals surface area (Å²) in [6.45, 7) is 3.87. The van der Waals surface area contributed by atoms with Gasteiger partial charge in [-0.1, -0.05) is 19.8 Å². The number of guanidine groups is 1. The zero-order chi connectivity index (χ0) is 11.8. The van der Waals surface area contributed by atoms with E-state index in [9.17, 15) is 0 Å². The van der Waals surface area contributed by atoms with Gasteiger partial charge in [0.25, 0.3) is 0 Å². The van der Waals surface area contributed by atoms with Crippen molar-refractivity contribution in [1.29, 1.82) is 0 Å². The minimum absolute atomic E-state index is 0.465. The number of rotatable bonds is 4. The fourth-order valence-electron chi connectivity index (χ4n) is 2.19. The largest absolute Gasteiger partial charge is 0.376 e. The molecule has 0 spiro atoms. The van der Waals surface area contributed by atoms with Crippen LogP contribution in [0.2, 0.25) is 0 Å². The Labute approximate surface area is 98.9 Å². The summed E-state index contributed by atoms with van der Waals surface area (Å²) in [5, 5.41) is 6.17. The highest BCUT2D eigenvalue weighted by atomic mass is 16.5. The maximum atomic E-state index is 5.89. The molecule has 1 aliphatic carbocycles. The van der Waals surface area contributed by atoms with Gasteiger partial charge >= 0.3 is 0 Å². The highest BCUT2D eigenvalue weighted by molar-refractivity contribution is 5.79. The van der Waals surface area contributed by atoms with E-state index in [1.165, 1.54) is 25.7 Å². The van der Waals surface area contributed by atoms with E-state index in [0.29, 0.717) is 6.10 Å². The summed E-state index contributed by atoms with van der Waals surface area (Å²) in [6.07, 6.45) is 5.69. The summed E-state index contributed by atoms with van der Waals surface area (Å²) in [4.78, 5) is 4.04. The summed E-state index contributed by atoms with van der Waals surface area (Å²) < 4.78 is 5.89. The standard InChI is InChI=1S/C12H25N3O/c1-10-6-4-5-7-11(10)16-9-8-15-12(13-2)14-3/h10-11H,4-9H2,1-3H3,(H2,13,14,15)/t10-,11+/m1/s1. The first kappa shape index (κ1) is 13.3. The van der Waals surface area contributed by atoms with E-state index in [0.717, 1.165) is 25.0 Å². The third-order valence-corrected chi connectivity index (χ3v) is 3.22. The first-order valence-electron chi connectivity index (χ1n) is 6.28. The minimum atomic E-state index is 0.465. The van der Waals surface area contributed by atoms with E-state index in [1.54, 1.807) is 7.05 Å². The second-order valence-electron chi connectivity index (χ2n) is 4.42. The Morgan fingerprint density at radius 1 is 1.38 bits per heavy atom. The van der Waals surface area contributed by atoms with Crippen LogP contribution in [0.15, 0.2) is 4.99 Å². The Morgan fingerprint density at radius 3 is 2.75 bits per heavy atom. The zero-order valence-corrected chi connectivity index (χ0v) is 10.8. The van der Waals surface area contributed by atoms with Crippen LogP contribution in [0.5, 0.6) is 0 Å². The molecule has 1 rings (SSSR count). The fraction of sp³-hybridized carbons (Fsp3) is 0.917. The van der Waals surface area contributed by atoms with Crippen LogP contribution >= 0.6 is 0 Å². The zero-order valence-electron chi connectivity index (χ0n) is 10.8. The van der Waals surface area contributed by atoms with E-state index in [2.05, 4.69) is 22.5 Å². The van der Waals surface area contributed by atoms with Gasteiger partial charge in [-0.3, -0.25) is 4.99 Å². The molecule has 94 valence electrons. The molecule has 0 aromatic heterocycles. The smallest absolute Gasteiger partial charge is 0.190 e. The summed E-state index contributed by atoms with van der Waals surface area (Å²) >= 11 is 0. The first-order valence-corrected chi connectivity index (χ1v) is 6.28. The first-order chi connectivity index (χ1) is 7.77. The lowest BCUT2D eigenvalue weighted by Gasteiger charge is -2.28. The van der Waals surface area contributed by atoms with Crippen LogP contribution in [0.3, 0.4) is 0 Å². The molecule has 0 amide bonds. The van der Waals surface area contributed by atoms with Gasteiger partial charge < -0.3 is 15.4 Å². The van der Waals surface area contributed by atoms with Gasteiger partial charge in [0.1, 0.15) is 0 Å². The average Bonchev–Trinajstić information content (AvgIpc) is 2.31. The Hall–Kier alpha value is -0.770. The molecule has 0 heterocycles. The van der Waals surface area contributed by atoms with Crippen LogP contribution in [-0.2, 0) is 4.74 Å². The van der Waals surface area contributed by atoms with E-state index in [1.807, 2.05) is 7.05 Å². The molecule has 1 aliphatic rings. The van der Waals surface area contributed by atoms with Gasteiger partial charge in [-0.05, 0) is 18.8 Å². The lowest BCUT2D eigenvalue weighted by atomic mass is 9.88. The molecule has 0 aromatic carbocycles. The van der Waals surface area contributed by atoms with Crippen LogP contribution in [0.4, 0.5) is 0 Å². The van der Waals surface area contributed by atoms with Gasteiger partial charge in [-0.25, -0.2) is 0 Å². The molecule has 0 saturated heterocycles. The molecular weight excluding hydrogens is 202 g/mol. The van der Waals surface area contributed by atoms with Crippen molar-refractivity contribution in [2.45, 2.75) is 38.7 Å². The molecule has 16 heavy (non-hydrogen) atoms. The van der Waals surface area contributed by atoms with Crippen molar-refractivity contribution in [2.24, 2.45) is 10.9 Å². The monoisotopic (exact) mass is 227 g/mol. The third kappa shape index (κ3) is 4.39. The van der Waals surface area contributed by atoms with Gasteiger partial charge in [0.2, 0.25) is 0 Å². The maximum Gasteiger partial charge on any atom is 0.190 e. The Morgan fingerprint density at radius 2 is 2.12 bits per heavy atom. The van der Waals surface area contributed by atoms with Crippen LogP contribution in [-0.4, -0.2) is 39.3 Å². The molecule has 1 fully saturated rings. The van der Waals surface area contributed by atoms with Crippen molar-refractivity contribution in [3.8, 4) is 0 Å². The molecule has 0 aromatic rings. The van der Waals surface area contributed by atoms with E-state index >= 15 is 0 Å². The second kappa shape index (κ2) is 7.49. The number of nitrogens with zero attached hydrogens (tertiary/aromatic N) is 1. The third-order valence-electron chi connectivity index (χ3n) is 3.22. The normalized spacial score (nSPS) is 26.6. The van der Waals surface area contributed by atoms with Crippen molar-refractivity contribution < 1.29 is 4.74 Å². The molecule has 0 bridgehead atoms. The summed E-state index contributed by atoms with van der Waals surface area (Å²) in [7, 11) is 3.63. The van der Waals surface area contributed by atoms with Crippen molar-refractivity contribution in [3.63, 3.8) is 0 Å². The van der Waals surface area contributed by atoms with Gasteiger partial charge in [0, 0.05) is 20.6 Å². The van der Waals surface area contributed by atoms with Crippen LogP contribution < -0.4 is 10.6 Å². The van der Waals surface area contributed by atoms with Gasteiger partial charge in [-0.15, -0.1) is 0 Å².